The summed E-state index contributed by atoms with van der Waals surface area (Å²) in [4.78, 5) is 8.93. The van der Waals surface area contributed by atoms with Gasteiger partial charge in [-0.05, 0) is 54.1 Å². The molecular weight excluding hydrogens is 392 g/mol. The zero-order valence-corrected chi connectivity index (χ0v) is 14.1. The smallest absolute Gasteiger partial charge is 0.163 e. The Hall–Kier alpha value is -0.950. The molecule has 0 aliphatic carbocycles. The van der Waals surface area contributed by atoms with Crippen molar-refractivity contribution in [2.75, 3.05) is 11.9 Å². The monoisotopic (exact) mass is 405 g/mol. The van der Waals surface area contributed by atoms with Crippen molar-refractivity contribution < 1.29 is 4.39 Å². The molecule has 0 spiro atoms. The van der Waals surface area contributed by atoms with E-state index in [1.54, 1.807) is 6.07 Å². The zero-order chi connectivity index (χ0) is 14.7. The standard InChI is InChI=1S/C14H14ClFIN3/c1-3-6-18-14-12(17)8(2)19-13(20-14)10-5-4-9(16)7-11(10)15/h4-5,7H,3,6H2,1-2H3,(H,18,19,20). The van der Waals surface area contributed by atoms with Crippen LogP contribution in [0.1, 0.15) is 19.0 Å². The van der Waals surface area contributed by atoms with Crippen LogP contribution in [0.15, 0.2) is 18.2 Å². The lowest BCUT2D eigenvalue weighted by Crippen LogP contribution is -2.07. The van der Waals surface area contributed by atoms with Crippen LogP contribution in [0.4, 0.5) is 10.2 Å². The number of aromatic nitrogens is 2. The van der Waals surface area contributed by atoms with Gasteiger partial charge in [-0.15, -0.1) is 0 Å². The lowest BCUT2D eigenvalue weighted by molar-refractivity contribution is 0.628. The predicted octanol–water partition coefficient (Wildman–Crippen LogP) is 4.67. The number of nitrogens with one attached hydrogen (secondary N) is 1. The molecule has 0 fully saturated rings. The van der Waals surface area contributed by atoms with Crippen LogP contribution in [0.25, 0.3) is 11.4 Å². The summed E-state index contributed by atoms with van der Waals surface area (Å²) in [7, 11) is 0. The first-order chi connectivity index (χ1) is 9.52. The van der Waals surface area contributed by atoms with Gasteiger partial charge in [0.05, 0.1) is 14.3 Å². The van der Waals surface area contributed by atoms with Crippen molar-refractivity contribution in [1.29, 1.82) is 0 Å². The molecule has 3 nitrogen and oxygen atoms in total. The summed E-state index contributed by atoms with van der Waals surface area (Å²) >= 11 is 8.28. The summed E-state index contributed by atoms with van der Waals surface area (Å²) in [6.45, 7) is 4.84. The Kier molecular flexibility index (Phi) is 5.15. The Balaban J connectivity index is 2.48. The first-order valence-electron chi connectivity index (χ1n) is 6.26. The highest BCUT2D eigenvalue weighted by atomic mass is 127. The molecule has 0 aliphatic rings. The average Bonchev–Trinajstić information content (AvgIpc) is 2.40. The Bertz CT molecular complexity index is 634. The summed E-state index contributed by atoms with van der Waals surface area (Å²) in [5, 5.41) is 3.58. The van der Waals surface area contributed by atoms with E-state index in [0.717, 1.165) is 28.0 Å². The quantitative estimate of drug-likeness (QED) is 0.751. The Morgan fingerprint density at radius 1 is 1.35 bits per heavy atom. The van der Waals surface area contributed by atoms with Crippen molar-refractivity contribution in [2.45, 2.75) is 20.3 Å². The molecule has 20 heavy (non-hydrogen) atoms. The minimum absolute atomic E-state index is 0.312. The first kappa shape index (κ1) is 15.4. The second-order valence-corrected chi connectivity index (χ2v) is 5.83. The molecule has 0 amide bonds. The number of hydrogen-bond donors (Lipinski definition) is 1. The van der Waals surface area contributed by atoms with Crippen molar-refractivity contribution in [3.8, 4) is 11.4 Å². The van der Waals surface area contributed by atoms with Gasteiger partial charge in [-0.25, -0.2) is 14.4 Å². The lowest BCUT2D eigenvalue weighted by atomic mass is 10.2. The molecule has 0 radical (unpaired) electrons. The number of benzene rings is 1. The van der Waals surface area contributed by atoms with E-state index in [2.05, 4.69) is 44.8 Å². The number of halogens is 3. The molecule has 6 heteroatoms. The van der Waals surface area contributed by atoms with Crippen LogP contribution in [0.5, 0.6) is 0 Å². The van der Waals surface area contributed by atoms with E-state index in [-0.39, 0.29) is 5.82 Å². The number of nitrogens with zero attached hydrogens (tertiary/aromatic N) is 2. The summed E-state index contributed by atoms with van der Waals surface area (Å²) in [6.07, 6.45) is 1.01. The minimum atomic E-state index is -0.370. The largest absolute Gasteiger partial charge is 0.369 e. The molecule has 0 aliphatic heterocycles. The molecule has 0 saturated heterocycles. The van der Waals surface area contributed by atoms with E-state index >= 15 is 0 Å². The molecule has 1 heterocycles. The van der Waals surface area contributed by atoms with Crippen LogP contribution in [-0.2, 0) is 0 Å². The van der Waals surface area contributed by atoms with Crippen LogP contribution in [0.3, 0.4) is 0 Å². The zero-order valence-electron chi connectivity index (χ0n) is 11.2. The van der Waals surface area contributed by atoms with Crippen molar-refractivity contribution >= 4 is 40.0 Å². The minimum Gasteiger partial charge on any atom is -0.369 e. The topological polar surface area (TPSA) is 37.8 Å². The van der Waals surface area contributed by atoms with Gasteiger partial charge in [-0.1, -0.05) is 18.5 Å². The van der Waals surface area contributed by atoms with E-state index in [0.29, 0.717) is 16.4 Å². The average molecular weight is 406 g/mol. The molecule has 1 aromatic heterocycles. The van der Waals surface area contributed by atoms with Gasteiger partial charge in [0.15, 0.2) is 5.82 Å². The van der Waals surface area contributed by atoms with Gasteiger partial charge in [0, 0.05) is 12.1 Å². The van der Waals surface area contributed by atoms with Gasteiger partial charge in [-0.2, -0.15) is 0 Å². The van der Waals surface area contributed by atoms with E-state index in [4.69, 9.17) is 11.6 Å². The highest BCUT2D eigenvalue weighted by Gasteiger charge is 2.13. The van der Waals surface area contributed by atoms with E-state index in [1.807, 2.05) is 6.92 Å². The maximum absolute atomic E-state index is 13.1. The maximum Gasteiger partial charge on any atom is 0.163 e. The molecule has 0 atom stereocenters. The Morgan fingerprint density at radius 3 is 2.75 bits per heavy atom. The fourth-order valence-electron chi connectivity index (χ4n) is 1.71. The molecule has 0 bridgehead atoms. The molecule has 2 rings (SSSR count). The van der Waals surface area contributed by atoms with Crippen LogP contribution >= 0.6 is 34.2 Å². The summed E-state index contributed by atoms with van der Waals surface area (Å²) in [6, 6.07) is 4.23. The molecule has 1 N–H and O–H groups in total. The summed E-state index contributed by atoms with van der Waals surface area (Å²) in [5.41, 5.74) is 1.50. The van der Waals surface area contributed by atoms with Crippen LogP contribution in [0, 0.1) is 16.3 Å². The predicted molar refractivity (Wildman–Crippen MR) is 88.7 cm³/mol. The van der Waals surface area contributed by atoms with Crippen molar-refractivity contribution in [3.63, 3.8) is 0 Å². The molecule has 1 aromatic carbocycles. The van der Waals surface area contributed by atoms with Gasteiger partial charge in [0.2, 0.25) is 0 Å². The van der Waals surface area contributed by atoms with Gasteiger partial charge >= 0.3 is 0 Å². The van der Waals surface area contributed by atoms with Crippen molar-refractivity contribution in [2.24, 2.45) is 0 Å². The maximum atomic E-state index is 13.1. The van der Waals surface area contributed by atoms with Gasteiger partial charge in [0.1, 0.15) is 11.6 Å². The summed E-state index contributed by atoms with van der Waals surface area (Å²) in [5.74, 6) is 0.923. The number of anilines is 1. The Labute approximate surface area is 136 Å². The van der Waals surface area contributed by atoms with Crippen LogP contribution < -0.4 is 5.32 Å². The first-order valence-corrected chi connectivity index (χ1v) is 7.72. The third kappa shape index (κ3) is 3.38. The van der Waals surface area contributed by atoms with E-state index < -0.39 is 0 Å². The van der Waals surface area contributed by atoms with E-state index in [9.17, 15) is 4.39 Å². The van der Waals surface area contributed by atoms with Gasteiger partial charge < -0.3 is 5.32 Å². The summed E-state index contributed by atoms with van der Waals surface area (Å²) < 4.78 is 14.1. The molecule has 106 valence electrons. The van der Waals surface area contributed by atoms with Crippen molar-refractivity contribution in [3.05, 3.63) is 38.3 Å². The van der Waals surface area contributed by atoms with Gasteiger partial charge in [0.25, 0.3) is 0 Å². The normalized spacial score (nSPS) is 10.7. The highest BCUT2D eigenvalue weighted by molar-refractivity contribution is 14.1. The van der Waals surface area contributed by atoms with Crippen molar-refractivity contribution in [1.82, 2.24) is 9.97 Å². The molecular formula is C14H14ClFIN3. The number of rotatable bonds is 4. The molecule has 2 aromatic rings. The lowest BCUT2D eigenvalue weighted by Gasteiger charge is -2.11. The molecule has 0 unspecified atom stereocenters. The van der Waals surface area contributed by atoms with Gasteiger partial charge in [-0.3, -0.25) is 0 Å². The van der Waals surface area contributed by atoms with E-state index in [1.165, 1.54) is 12.1 Å². The van der Waals surface area contributed by atoms with Crippen LogP contribution in [0.2, 0.25) is 5.02 Å². The second kappa shape index (κ2) is 6.67. The SMILES string of the molecule is CCCNc1nc(-c2ccc(F)cc2Cl)nc(C)c1I. The Morgan fingerprint density at radius 2 is 2.10 bits per heavy atom. The molecule has 0 saturated carbocycles. The fraction of sp³-hybridized carbons (Fsp3) is 0.286. The second-order valence-electron chi connectivity index (χ2n) is 4.35. The number of aryl methyl sites for hydroxylation is 1. The van der Waals surface area contributed by atoms with Crippen LogP contribution in [-0.4, -0.2) is 16.5 Å². The highest BCUT2D eigenvalue weighted by Crippen LogP contribution is 2.29. The third-order valence-electron chi connectivity index (χ3n) is 2.73. The fourth-order valence-corrected chi connectivity index (χ4v) is 2.39. The third-order valence-corrected chi connectivity index (χ3v) is 4.34. The number of hydrogen-bond acceptors (Lipinski definition) is 3.